The highest BCUT2D eigenvalue weighted by Crippen LogP contribution is 2.30. The lowest BCUT2D eigenvalue weighted by molar-refractivity contribution is 0.219. The maximum absolute atomic E-state index is 15.7. The van der Waals surface area contributed by atoms with Crippen LogP contribution in [0.25, 0.3) is 11.1 Å². The quantitative estimate of drug-likeness (QED) is 0.284. The van der Waals surface area contributed by atoms with E-state index in [1.807, 2.05) is 30.3 Å². The first-order chi connectivity index (χ1) is 21.5. The average molecular weight is 639 g/mol. The Morgan fingerprint density at radius 3 is 2.27 bits per heavy atom. The van der Waals surface area contributed by atoms with Crippen LogP contribution in [-0.4, -0.2) is 68.5 Å². The zero-order valence-corrected chi connectivity index (χ0v) is 26.2. The molecule has 0 amide bonds. The van der Waals surface area contributed by atoms with Crippen LogP contribution in [0.2, 0.25) is 0 Å². The second kappa shape index (κ2) is 13.5. The van der Waals surface area contributed by atoms with Gasteiger partial charge in [0.25, 0.3) is 5.56 Å². The molecule has 2 heterocycles. The van der Waals surface area contributed by atoms with E-state index in [0.29, 0.717) is 6.54 Å². The number of nitrogens with zero attached hydrogens (tertiary/aromatic N) is 3. The number of ether oxygens (including phenoxy) is 1. The second-order valence-corrected chi connectivity index (χ2v) is 13.2. The summed E-state index contributed by atoms with van der Waals surface area (Å²) >= 11 is 0. The highest BCUT2D eigenvalue weighted by molar-refractivity contribution is 7.90. The van der Waals surface area contributed by atoms with Gasteiger partial charge in [-0.1, -0.05) is 48.5 Å². The summed E-state index contributed by atoms with van der Waals surface area (Å²) in [5, 5.41) is 3.32. The highest BCUT2D eigenvalue weighted by Gasteiger charge is 2.27. The number of rotatable bonds is 10. The number of nitrogens with one attached hydrogen (secondary N) is 1. The first kappa shape index (κ1) is 32.3. The SMILES string of the molecule is COc1cccc(-c2c(C)n(Cc3c(F)cccc3S(C)(=O)=O)c(=O)n(C[C@H](CN3CCNCC3)c3ccccc3)c2=O)c1F. The molecule has 1 atom stereocenters. The molecule has 1 fully saturated rings. The van der Waals surface area contributed by atoms with Gasteiger partial charge in [-0.05, 0) is 30.7 Å². The number of methoxy groups -OCH3 is 1. The summed E-state index contributed by atoms with van der Waals surface area (Å²) in [4.78, 5) is 30.5. The molecule has 5 rings (SSSR count). The molecule has 4 aromatic rings. The van der Waals surface area contributed by atoms with Crippen molar-refractivity contribution in [2.24, 2.45) is 0 Å². The van der Waals surface area contributed by atoms with Crippen LogP contribution in [0.4, 0.5) is 8.78 Å². The largest absolute Gasteiger partial charge is 0.494 e. The summed E-state index contributed by atoms with van der Waals surface area (Å²) in [5.74, 6) is -2.00. The third kappa shape index (κ3) is 6.77. The maximum Gasteiger partial charge on any atom is 0.331 e. The van der Waals surface area contributed by atoms with E-state index in [1.165, 1.54) is 44.4 Å². The van der Waals surface area contributed by atoms with Gasteiger partial charge in [0, 0.05) is 68.3 Å². The Labute approximate surface area is 260 Å². The van der Waals surface area contributed by atoms with Gasteiger partial charge in [0.15, 0.2) is 21.4 Å². The van der Waals surface area contributed by atoms with Gasteiger partial charge in [-0.15, -0.1) is 0 Å². The highest BCUT2D eigenvalue weighted by atomic mass is 32.2. The molecule has 0 saturated carbocycles. The minimum absolute atomic E-state index is 0.0410. The van der Waals surface area contributed by atoms with Crippen LogP contribution >= 0.6 is 0 Å². The third-order valence-electron chi connectivity index (χ3n) is 8.29. The van der Waals surface area contributed by atoms with Crippen LogP contribution in [0.1, 0.15) is 22.7 Å². The second-order valence-electron chi connectivity index (χ2n) is 11.2. The summed E-state index contributed by atoms with van der Waals surface area (Å²) in [6.45, 7) is 4.69. The Kier molecular flexibility index (Phi) is 9.66. The topological polar surface area (TPSA) is 103 Å². The summed E-state index contributed by atoms with van der Waals surface area (Å²) in [6, 6.07) is 17.6. The van der Waals surface area contributed by atoms with Gasteiger partial charge in [-0.25, -0.2) is 22.0 Å². The molecule has 0 spiro atoms. The number of benzene rings is 3. The predicted molar refractivity (Wildman–Crippen MR) is 169 cm³/mol. The van der Waals surface area contributed by atoms with E-state index >= 15 is 8.78 Å². The van der Waals surface area contributed by atoms with E-state index < -0.39 is 39.3 Å². The molecule has 1 aliphatic heterocycles. The summed E-state index contributed by atoms with van der Waals surface area (Å²) in [5.41, 5.74) is -0.904. The van der Waals surface area contributed by atoms with E-state index in [4.69, 9.17) is 4.74 Å². The Hall–Kier alpha value is -4.13. The molecular formula is C33H36F2N4O5S. The van der Waals surface area contributed by atoms with E-state index in [0.717, 1.165) is 53.2 Å². The van der Waals surface area contributed by atoms with Crippen molar-refractivity contribution in [3.63, 3.8) is 0 Å². The standard InChI is InChI=1S/C33H36F2N4O5S/c1-22-30(25-11-7-13-28(44-2)31(25)35)32(40)39(20-24(23-9-5-4-6-10-23)19-37-17-15-36-16-18-37)33(41)38(22)21-26-27(34)12-8-14-29(26)45(3,42)43/h4-14,24,36H,15-21H2,1-3H3/t24-/m0/s1. The summed E-state index contributed by atoms with van der Waals surface area (Å²) in [7, 11) is -2.58. The van der Waals surface area contributed by atoms with Gasteiger partial charge >= 0.3 is 5.69 Å². The van der Waals surface area contributed by atoms with Crippen molar-refractivity contribution in [2.75, 3.05) is 46.1 Å². The van der Waals surface area contributed by atoms with Crippen LogP contribution in [0.3, 0.4) is 0 Å². The lowest BCUT2D eigenvalue weighted by atomic mass is 9.97. The maximum atomic E-state index is 15.7. The number of sulfone groups is 1. The lowest BCUT2D eigenvalue weighted by Crippen LogP contribution is -2.47. The zero-order valence-electron chi connectivity index (χ0n) is 25.4. The molecule has 12 heteroatoms. The molecule has 238 valence electrons. The fourth-order valence-corrected chi connectivity index (χ4v) is 6.87. The number of hydrogen-bond acceptors (Lipinski definition) is 7. The van der Waals surface area contributed by atoms with Crippen LogP contribution in [0.5, 0.6) is 5.75 Å². The minimum atomic E-state index is -3.88. The van der Waals surface area contributed by atoms with E-state index in [9.17, 15) is 18.0 Å². The number of aromatic nitrogens is 2. The lowest BCUT2D eigenvalue weighted by Gasteiger charge is -2.31. The molecule has 0 aliphatic carbocycles. The smallest absolute Gasteiger partial charge is 0.331 e. The van der Waals surface area contributed by atoms with Crippen LogP contribution in [-0.2, 0) is 22.9 Å². The summed E-state index contributed by atoms with van der Waals surface area (Å²) < 4.78 is 63.5. The van der Waals surface area contributed by atoms with Gasteiger partial charge in [0.1, 0.15) is 5.82 Å². The van der Waals surface area contributed by atoms with E-state index in [-0.39, 0.29) is 45.5 Å². The fraction of sp³-hybridized carbons (Fsp3) is 0.333. The monoisotopic (exact) mass is 638 g/mol. The van der Waals surface area contributed by atoms with Crippen molar-refractivity contribution in [2.45, 2.75) is 30.8 Å². The fourth-order valence-electron chi connectivity index (χ4n) is 5.94. The Morgan fingerprint density at radius 1 is 0.911 bits per heavy atom. The molecule has 0 unspecified atom stereocenters. The first-order valence-electron chi connectivity index (χ1n) is 14.6. The van der Waals surface area contributed by atoms with Crippen LogP contribution in [0, 0.1) is 18.6 Å². The molecule has 3 aromatic carbocycles. The van der Waals surface area contributed by atoms with Crippen molar-refractivity contribution < 1.29 is 21.9 Å². The van der Waals surface area contributed by atoms with Gasteiger partial charge in [-0.3, -0.25) is 13.9 Å². The Morgan fingerprint density at radius 2 is 1.60 bits per heavy atom. The van der Waals surface area contributed by atoms with Gasteiger partial charge in [0.2, 0.25) is 0 Å². The van der Waals surface area contributed by atoms with Crippen molar-refractivity contribution in [3.8, 4) is 16.9 Å². The van der Waals surface area contributed by atoms with Gasteiger partial charge in [0.05, 0.1) is 24.1 Å². The molecule has 45 heavy (non-hydrogen) atoms. The van der Waals surface area contributed by atoms with Crippen molar-refractivity contribution in [3.05, 3.63) is 116 Å². The van der Waals surface area contributed by atoms with Crippen molar-refractivity contribution in [1.29, 1.82) is 0 Å². The summed E-state index contributed by atoms with van der Waals surface area (Å²) in [6.07, 6.45) is 0.958. The van der Waals surface area contributed by atoms with Crippen molar-refractivity contribution in [1.82, 2.24) is 19.4 Å². The molecule has 1 N–H and O–H groups in total. The molecule has 1 saturated heterocycles. The molecule has 1 aromatic heterocycles. The number of halogens is 2. The first-order valence-corrected chi connectivity index (χ1v) is 16.5. The van der Waals surface area contributed by atoms with Gasteiger partial charge < -0.3 is 15.0 Å². The molecule has 1 aliphatic rings. The van der Waals surface area contributed by atoms with Crippen LogP contribution in [0.15, 0.2) is 81.2 Å². The Balaban J connectivity index is 1.74. The molecule has 0 radical (unpaired) electrons. The third-order valence-corrected chi connectivity index (χ3v) is 9.48. The van der Waals surface area contributed by atoms with E-state index in [1.54, 1.807) is 0 Å². The predicted octanol–water partition coefficient (Wildman–Crippen LogP) is 3.41. The van der Waals surface area contributed by atoms with Crippen molar-refractivity contribution >= 4 is 9.84 Å². The Bertz CT molecular complexity index is 1920. The number of piperazine rings is 1. The molecule has 9 nitrogen and oxygen atoms in total. The zero-order chi connectivity index (χ0) is 32.3. The normalized spacial score (nSPS) is 14.8. The van der Waals surface area contributed by atoms with Crippen LogP contribution < -0.4 is 21.3 Å². The van der Waals surface area contributed by atoms with Gasteiger partial charge in [-0.2, -0.15) is 0 Å². The number of hydrogen-bond donors (Lipinski definition) is 1. The van der Waals surface area contributed by atoms with E-state index in [2.05, 4.69) is 10.2 Å². The molecule has 0 bridgehead atoms. The average Bonchev–Trinajstić information content (AvgIpc) is 3.02. The molecular weight excluding hydrogens is 602 g/mol. The minimum Gasteiger partial charge on any atom is -0.494 e.